The highest BCUT2D eigenvalue weighted by molar-refractivity contribution is 14.1. The third-order valence-corrected chi connectivity index (χ3v) is 2.42. The van der Waals surface area contributed by atoms with Crippen molar-refractivity contribution in [1.82, 2.24) is 4.98 Å². The average Bonchev–Trinajstić information content (AvgIpc) is 2.64. The van der Waals surface area contributed by atoms with Crippen LogP contribution in [0.3, 0.4) is 0 Å². The van der Waals surface area contributed by atoms with Crippen LogP contribution in [0.15, 0.2) is 28.9 Å². The van der Waals surface area contributed by atoms with Gasteiger partial charge in [-0.2, -0.15) is 0 Å². The highest BCUT2D eigenvalue weighted by Gasteiger charge is 2.14. The number of oxazole rings is 1. The molecule has 0 bridgehead atoms. The maximum atomic E-state index is 13.6. The van der Waals surface area contributed by atoms with Gasteiger partial charge in [-0.05, 0) is 12.1 Å². The van der Waals surface area contributed by atoms with Gasteiger partial charge in [0, 0.05) is 22.6 Å². The Kier molecular flexibility index (Phi) is 2.90. The lowest BCUT2D eigenvalue weighted by Gasteiger charge is -2.05. The fraction of sp³-hybridized carbons (Fsp3) is 0.100. The molecule has 2 rings (SSSR count). The van der Waals surface area contributed by atoms with Crippen molar-refractivity contribution in [3.05, 3.63) is 34.2 Å². The fourth-order valence-corrected chi connectivity index (χ4v) is 1.68. The summed E-state index contributed by atoms with van der Waals surface area (Å²) in [5.41, 5.74) is 0.765. The maximum absolute atomic E-state index is 13.6. The Morgan fingerprint density at radius 3 is 2.87 bits per heavy atom. The summed E-state index contributed by atoms with van der Waals surface area (Å²) < 4.78 is 24.1. The minimum atomic E-state index is -0.376. The quantitative estimate of drug-likeness (QED) is 0.798. The van der Waals surface area contributed by atoms with Crippen LogP contribution >= 0.6 is 22.6 Å². The van der Waals surface area contributed by atoms with E-state index in [0.717, 1.165) is 0 Å². The van der Waals surface area contributed by atoms with Crippen LogP contribution in [-0.4, -0.2) is 12.1 Å². The van der Waals surface area contributed by atoms with E-state index in [2.05, 4.69) is 4.98 Å². The molecule has 0 saturated carbocycles. The Labute approximate surface area is 99.4 Å². The number of ether oxygens (including phenoxy) is 1. The molecule has 0 fully saturated rings. The van der Waals surface area contributed by atoms with Crippen LogP contribution in [0.2, 0.25) is 0 Å². The van der Waals surface area contributed by atoms with E-state index in [-0.39, 0.29) is 5.82 Å². The molecular formula is C10H7FINO2. The van der Waals surface area contributed by atoms with Gasteiger partial charge >= 0.3 is 0 Å². The van der Waals surface area contributed by atoms with Crippen LogP contribution < -0.4 is 4.74 Å². The second-order valence-electron chi connectivity index (χ2n) is 2.80. The number of benzene rings is 1. The van der Waals surface area contributed by atoms with Crippen molar-refractivity contribution in [2.24, 2.45) is 0 Å². The van der Waals surface area contributed by atoms with Gasteiger partial charge in [-0.25, -0.2) is 9.37 Å². The van der Waals surface area contributed by atoms with Crippen molar-refractivity contribution in [3.8, 4) is 17.0 Å². The van der Waals surface area contributed by atoms with E-state index < -0.39 is 0 Å². The number of rotatable bonds is 2. The molecule has 0 amide bonds. The lowest BCUT2D eigenvalue weighted by atomic mass is 10.1. The monoisotopic (exact) mass is 319 g/mol. The van der Waals surface area contributed by atoms with E-state index >= 15 is 0 Å². The van der Waals surface area contributed by atoms with Gasteiger partial charge in [-0.1, -0.05) is 6.07 Å². The first-order valence-electron chi connectivity index (χ1n) is 4.16. The molecule has 0 spiro atoms. The number of hydrogen-bond acceptors (Lipinski definition) is 3. The number of hydrogen-bond donors (Lipinski definition) is 0. The molecule has 0 N–H and O–H groups in total. The SMILES string of the molecule is COc1cccc(F)c1-c1coc(I)n1. The summed E-state index contributed by atoms with van der Waals surface area (Å²) in [6.07, 6.45) is 1.41. The molecule has 78 valence electrons. The first-order valence-corrected chi connectivity index (χ1v) is 5.24. The van der Waals surface area contributed by atoms with Gasteiger partial charge in [-0.15, -0.1) is 0 Å². The maximum Gasteiger partial charge on any atom is 0.257 e. The molecule has 1 aromatic heterocycles. The van der Waals surface area contributed by atoms with Crippen LogP contribution in [0.25, 0.3) is 11.3 Å². The summed E-state index contributed by atoms with van der Waals surface area (Å²) in [6, 6.07) is 4.63. The van der Waals surface area contributed by atoms with Crippen molar-refractivity contribution < 1.29 is 13.5 Å². The average molecular weight is 319 g/mol. The molecule has 3 nitrogen and oxygen atoms in total. The predicted octanol–water partition coefficient (Wildman–Crippen LogP) is 3.09. The Hall–Kier alpha value is -1.11. The molecular weight excluding hydrogens is 312 g/mol. The summed E-state index contributed by atoms with van der Waals surface area (Å²) in [5, 5.41) is 0. The normalized spacial score (nSPS) is 10.3. The second-order valence-corrected chi connectivity index (χ2v) is 3.73. The molecule has 0 aliphatic carbocycles. The molecule has 15 heavy (non-hydrogen) atoms. The number of methoxy groups -OCH3 is 1. The van der Waals surface area contributed by atoms with Crippen molar-refractivity contribution in [1.29, 1.82) is 0 Å². The van der Waals surface area contributed by atoms with E-state index in [1.165, 1.54) is 19.4 Å². The topological polar surface area (TPSA) is 35.3 Å². The summed E-state index contributed by atoms with van der Waals surface area (Å²) in [7, 11) is 1.49. The summed E-state index contributed by atoms with van der Waals surface area (Å²) in [5.74, 6) is 0.0683. The Morgan fingerprint density at radius 2 is 2.27 bits per heavy atom. The largest absolute Gasteiger partial charge is 0.496 e. The lowest BCUT2D eigenvalue weighted by Crippen LogP contribution is -1.91. The van der Waals surface area contributed by atoms with E-state index in [1.54, 1.807) is 12.1 Å². The van der Waals surface area contributed by atoms with E-state index in [4.69, 9.17) is 9.15 Å². The van der Waals surface area contributed by atoms with Gasteiger partial charge in [0.2, 0.25) is 0 Å². The zero-order valence-corrected chi connectivity index (χ0v) is 9.99. The van der Waals surface area contributed by atoms with E-state index in [0.29, 0.717) is 20.9 Å². The molecule has 0 atom stereocenters. The fourth-order valence-electron chi connectivity index (χ4n) is 1.29. The van der Waals surface area contributed by atoms with Gasteiger partial charge in [0.05, 0.1) is 12.7 Å². The first-order chi connectivity index (χ1) is 7.22. The molecule has 0 aliphatic heterocycles. The van der Waals surface area contributed by atoms with Crippen molar-refractivity contribution >= 4 is 22.6 Å². The number of aromatic nitrogens is 1. The smallest absolute Gasteiger partial charge is 0.257 e. The second kappa shape index (κ2) is 4.18. The van der Waals surface area contributed by atoms with Gasteiger partial charge in [0.25, 0.3) is 3.90 Å². The van der Waals surface area contributed by atoms with Crippen LogP contribution in [0.5, 0.6) is 5.75 Å². The highest BCUT2D eigenvalue weighted by Crippen LogP contribution is 2.31. The van der Waals surface area contributed by atoms with Gasteiger partial charge in [0.15, 0.2) is 0 Å². The first kappa shape index (κ1) is 10.4. The third-order valence-electron chi connectivity index (χ3n) is 1.93. The lowest BCUT2D eigenvalue weighted by molar-refractivity contribution is 0.413. The zero-order chi connectivity index (χ0) is 10.8. The van der Waals surface area contributed by atoms with Crippen LogP contribution in [0.4, 0.5) is 4.39 Å². The Balaban J connectivity index is 2.60. The van der Waals surface area contributed by atoms with Crippen LogP contribution in [0.1, 0.15) is 0 Å². The summed E-state index contributed by atoms with van der Waals surface area (Å²) in [4.78, 5) is 4.05. The molecule has 0 radical (unpaired) electrons. The standard InChI is InChI=1S/C10H7FINO2/c1-14-8-4-2-3-6(11)9(8)7-5-15-10(12)13-7/h2-5H,1H3. The predicted molar refractivity (Wildman–Crippen MR) is 61.2 cm³/mol. The Bertz CT molecular complexity index is 484. The molecule has 1 aromatic carbocycles. The number of nitrogens with zero attached hydrogens (tertiary/aromatic N) is 1. The molecule has 5 heteroatoms. The molecule has 1 heterocycles. The van der Waals surface area contributed by atoms with Gasteiger partial charge < -0.3 is 9.15 Å². The van der Waals surface area contributed by atoms with Crippen molar-refractivity contribution in [3.63, 3.8) is 0 Å². The third kappa shape index (κ3) is 1.97. The Morgan fingerprint density at radius 1 is 1.47 bits per heavy atom. The minimum absolute atomic E-state index is 0.326. The molecule has 0 saturated heterocycles. The summed E-state index contributed by atoms with van der Waals surface area (Å²) in [6.45, 7) is 0. The van der Waals surface area contributed by atoms with Gasteiger partial charge in [-0.3, -0.25) is 0 Å². The van der Waals surface area contributed by atoms with Crippen LogP contribution in [0, 0.1) is 9.71 Å². The van der Waals surface area contributed by atoms with Crippen molar-refractivity contribution in [2.75, 3.05) is 7.11 Å². The van der Waals surface area contributed by atoms with E-state index in [9.17, 15) is 4.39 Å². The summed E-state index contributed by atoms with van der Waals surface area (Å²) >= 11 is 1.92. The van der Waals surface area contributed by atoms with E-state index in [1.807, 2.05) is 22.6 Å². The molecule has 0 aliphatic rings. The molecule has 0 unspecified atom stereocenters. The van der Waals surface area contributed by atoms with Crippen molar-refractivity contribution in [2.45, 2.75) is 0 Å². The number of halogens is 2. The minimum Gasteiger partial charge on any atom is -0.496 e. The van der Waals surface area contributed by atoms with Crippen LogP contribution in [-0.2, 0) is 0 Å². The molecule has 2 aromatic rings. The zero-order valence-electron chi connectivity index (χ0n) is 7.83. The highest BCUT2D eigenvalue weighted by atomic mass is 127. The van der Waals surface area contributed by atoms with Gasteiger partial charge in [0.1, 0.15) is 23.5 Å².